The van der Waals surface area contributed by atoms with Crippen molar-refractivity contribution in [3.8, 4) is 11.1 Å². The van der Waals surface area contributed by atoms with Crippen LogP contribution in [0.25, 0.3) is 11.1 Å². The Kier molecular flexibility index (Phi) is 5.53. The molecule has 0 bridgehead atoms. The van der Waals surface area contributed by atoms with Gasteiger partial charge in [-0.15, -0.1) is 0 Å². The van der Waals surface area contributed by atoms with Crippen molar-refractivity contribution in [2.75, 3.05) is 5.32 Å². The minimum Gasteiger partial charge on any atom is -0.365 e. The number of carbonyl (C=O) groups is 1. The second kappa shape index (κ2) is 8.42. The molecule has 1 aromatic carbocycles. The van der Waals surface area contributed by atoms with Crippen molar-refractivity contribution in [1.82, 2.24) is 19.7 Å². The number of nitrogens with zero attached hydrogens (tertiary/aromatic N) is 5. The summed E-state index contributed by atoms with van der Waals surface area (Å²) in [4.78, 5) is 25.0. The number of amides is 1. The summed E-state index contributed by atoms with van der Waals surface area (Å²) in [6, 6.07) is 7.66. The van der Waals surface area contributed by atoms with Crippen LogP contribution in [0.2, 0.25) is 0 Å². The van der Waals surface area contributed by atoms with Gasteiger partial charge in [-0.25, -0.2) is 9.98 Å². The van der Waals surface area contributed by atoms with E-state index in [1.54, 1.807) is 10.9 Å². The Labute approximate surface area is 174 Å². The van der Waals surface area contributed by atoms with E-state index in [4.69, 9.17) is 11.5 Å². The van der Waals surface area contributed by atoms with Crippen LogP contribution in [0.3, 0.4) is 0 Å². The zero-order chi connectivity index (χ0) is 21.1. The SMILES string of the molecule is Cn1cc(-c2ccc(Nc3nc(/N=C4\CCCC[C@@H]4N)ncc3C(N)=O)cc2)cn1. The number of benzene rings is 1. The number of nitrogens with one attached hydrogen (secondary N) is 1. The number of aryl methyl sites for hydroxylation is 1. The number of nitrogens with two attached hydrogens (primary N) is 2. The lowest BCUT2D eigenvalue weighted by atomic mass is 9.94. The minimum absolute atomic E-state index is 0.0744. The molecule has 30 heavy (non-hydrogen) atoms. The van der Waals surface area contributed by atoms with Crippen molar-refractivity contribution < 1.29 is 4.79 Å². The molecule has 1 fully saturated rings. The van der Waals surface area contributed by atoms with Crippen LogP contribution in [0.5, 0.6) is 0 Å². The Balaban J connectivity index is 1.60. The highest BCUT2D eigenvalue weighted by Gasteiger charge is 2.18. The molecule has 1 aliphatic rings. The molecule has 5 N–H and O–H groups in total. The van der Waals surface area contributed by atoms with Gasteiger partial charge >= 0.3 is 0 Å². The van der Waals surface area contributed by atoms with Gasteiger partial charge in [-0.3, -0.25) is 9.48 Å². The fourth-order valence-electron chi connectivity index (χ4n) is 3.44. The number of hydrogen-bond acceptors (Lipinski definition) is 7. The largest absolute Gasteiger partial charge is 0.365 e. The van der Waals surface area contributed by atoms with E-state index in [2.05, 4.69) is 25.4 Å². The van der Waals surface area contributed by atoms with Gasteiger partial charge in [-0.1, -0.05) is 18.6 Å². The minimum atomic E-state index is -0.613. The number of primary amides is 1. The summed E-state index contributed by atoms with van der Waals surface area (Å²) in [6.45, 7) is 0. The topological polar surface area (TPSA) is 137 Å². The fraction of sp³-hybridized carbons (Fsp3) is 0.286. The van der Waals surface area contributed by atoms with Crippen LogP contribution < -0.4 is 16.8 Å². The molecule has 3 aromatic rings. The first kappa shape index (κ1) is 19.7. The molecule has 0 spiro atoms. The first-order chi connectivity index (χ1) is 14.5. The zero-order valence-electron chi connectivity index (χ0n) is 16.7. The van der Waals surface area contributed by atoms with E-state index in [0.717, 1.165) is 48.2 Å². The molecular formula is C21H24N8O. The molecule has 0 radical (unpaired) electrons. The van der Waals surface area contributed by atoms with Gasteiger partial charge in [0, 0.05) is 42.4 Å². The normalized spacial score (nSPS) is 17.8. The molecule has 0 aliphatic heterocycles. The number of hydrogen-bond donors (Lipinski definition) is 3. The summed E-state index contributed by atoms with van der Waals surface area (Å²) in [5.74, 6) is -0.0322. The number of rotatable bonds is 5. The number of carbonyl (C=O) groups excluding carboxylic acids is 1. The third-order valence-electron chi connectivity index (χ3n) is 5.10. The lowest BCUT2D eigenvalue weighted by Gasteiger charge is -2.19. The highest BCUT2D eigenvalue weighted by Crippen LogP contribution is 2.25. The number of aliphatic imine (C=N–C) groups is 1. The van der Waals surface area contributed by atoms with Crippen molar-refractivity contribution in [3.05, 3.63) is 48.4 Å². The third-order valence-corrected chi connectivity index (χ3v) is 5.10. The average molecular weight is 404 g/mol. The smallest absolute Gasteiger partial charge is 0.254 e. The summed E-state index contributed by atoms with van der Waals surface area (Å²) in [5.41, 5.74) is 15.5. The molecule has 1 atom stereocenters. The second-order valence-corrected chi connectivity index (χ2v) is 7.36. The van der Waals surface area contributed by atoms with E-state index in [-0.39, 0.29) is 17.6 Å². The Hall–Kier alpha value is -3.59. The van der Waals surface area contributed by atoms with Crippen molar-refractivity contribution in [2.45, 2.75) is 31.7 Å². The maximum absolute atomic E-state index is 11.8. The molecule has 2 heterocycles. The molecule has 1 amide bonds. The molecule has 1 aliphatic carbocycles. The second-order valence-electron chi connectivity index (χ2n) is 7.36. The lowest BCUT2D eigenvalue weighted by Crippen LogP contribution is -2.33. The maximum Gasteiger partial charge on any atom is 0.254 e. The van der Waals surface area contributed by atoms with Gasteiger partial charge in [0.25, 0.3) is 11.9 Å². The van der Waals surface area contributed by atoms with Crippen molar-refractivity contribution in [3.63, 3.8) is 0 Å². The predicted octanol–water partition coefficient (Wildman–Crippen LogP) is 2.69. The average Bonchev–Trinajstić information content (AvgIpc) is 3.17. The van der Waals surface area contributed by atoms with Gasteiger partial charge in [-0.2, -0.15) is 10.1 Å². The summed E-state index contributed by atoms with van der Waals surface area (Å²) in [5, 5.41) is 7.34. The van der Waals surface area contributed by atoms with Gasteiger partial charge in [0.1, 0.15) is 11.4 Å². The van der Waals surface area contributed by atoms with Crippen LogP contribution in [-0.4, -0.2) is 37.4 Å². The van der Waals surface area contributed by atoms with Crippen LogP contribution in [0.1, 0.15) is 36.0 Å². The standard InChI is InChI=1S/C21H24N8O/c1-29-12-14(10-25-29)13-6-8-15(9-7-13)26-20-16(19(23)30)11-24-21(28-20)27-18-5-3-2-4-17(18)22/h6-12,17H,2-5,22H2,1H3,(H2,23,30)(H,24,26,28)/b27-18+/t17-/m0/s1. The lowest BCUT2D eigenvalue weighted by molar-refractivity contribution is 0.100. The number of anilines is 2. The molecular weight excluding hydrogens is 380 g/mol. The summed E-state index contributed by atoms with van der Waals surface area (Å²) < 4.78 is 1.75. The highest BCUT2D eigenvalue weighted by molar-refractivity contribution is 5.98. The Morgan fingerprint density at radius 1 is 1.20 bits per heavy atom. The Bertz CT molecular complexity index is 1090. The summed E-state index contributed by atoms with van der Waals surface area (Å²) >= 11 is 0. The van der Waals surface area contributed by atoms with E-state index < -0.39 is 5.91 Å². The third kappa shape index (κ3) is 4.36. The Morgan fingerprint density at radius 3 is 2.67 bits per heavy atom. The van der Waals surface area contributed by atoms with Crippen LogP contribution in [-0.2, 0) is 7.05 Å². The van der Waals surface area contributed by atoms with Crippen LogP contribution in [0.15, 0.2) is 47.8 Å². The number of aromatic nitrogens is 4. The summed E-state index contributed by atoms with van der Waals surface area (Å²) in [6.07, 6.45) is 9.05. The molecule has 9 nitrogen and oxygen atoms in total. The molecule has 154 valence electrons. The van der Waals surface area contributed by atoms with Crippen molar-refractivity contribution in [2.24, 2.45) is 23.5 Å². The summed E-state index contributed by atoms with van der Waals surface area (Å²) in [7, 11) is 1.88. The zero-order valence-corrected chi connectivity index (χ0v) is 16.7. The molecule has 0 unspecified atom stereocenters. The van der Waals surface area contributed by atoms with Gasteiger partial charge < -0.3 is 16.8 Å². The first-order valence-corrected chi connectivity index (χ1v) is 9.85. The van der Waals surface area contributed by atoms with Crippen LogP contribution in [0.4, 0.5) is 17.5 Å². The van der Waals surface area contributed by atoms with E-state index in [1.165, 1.54) is 6.20 Å². The van der Waals surface area contributed by atoms with E-state index in [9.17, 15) is 4.79 Å². The van der Waals surface area contributed by atoms with Crippen LogP contribution in [0, 0.1) is 0 Å². The van der Waals surface area contributed by atoms with Crippen molar-refractivity contribution >= 4 is 29.1 Å². The predicted molar refractivity (Wildman–Crippen MR) is 116 cm³/mol. The molecule has 9 heteroatoms. The highest BCUT2D eigenvalue weighted by atomic mass is 16.1. The fourth-order valence-corrected chi connectivity index (χ4v) is 3.44. The molecule has 1 saturated carbocycles. The van der Waals surface area contributed by atoms with Gasteiger partial charge in [0.05, 0.1) is 6.20 Å². The van der Waals surface area contributed by atoms with E-state index >= 15 is 0 Å². The van der Waals surface area contributed by atoms with Crippen molar-refractivity contribution in [1.29, 1.82) is 0 Å². The Morgan fingerprint density at radius 2 is 2.00 bits per heavy atom. The van der Waals surface area contributed by atoms with Gasteiger partial charge in [0.15, 0.2) is 0 Å². The monoisotopic (exact) mass is 404 g/mol. The molecule has 2 aromatic heterocycles. The quantitative estimate of drug-likeness (QED) is 0.598. The van der Waals surface area contributed by atoms with Gasteiger partial charge in [-0.05, 0) is 37.0 Å². The van der Waals surface area contributed by atoms with Crippen LogP contribution >= 0.6 is 0 Å². The van der Waals surface area contributed by atoms with Gasteiger partial charge in [0.2, 0.25) is 0 Å². The molecule has 4 rings (SSSR count). The molecule has 0 saturated heterocycles. The van der Waals surface area contributed by atoms with E-state index in [0.29, 0.717) is 5.82 Å². The maximum atomic E-state index is 11.8. The first-order valence-electron chi connectivity index (χ1n) is 9.85. The van der Waals surface area contributed by atoms with E-state index in [1.807, 2.05) is 37.5 Å².